The molecule has 0 radical (unpaired) electrons. The van der Waals surface area contributed by atoms with Gasteiger partial charge in [-0.15, -0.1) is 0 Å². The Balaban J connectivity index is 1.94. The van der Waals surface area contributed by atoms with E-state index in [4.69, 9.17) is 23.5 Å². The van der Waals surface area contributed by atoms with E-state index in [0.717, 1.165) is 0 Å². The number of carbonyl (C=O) groups is 2. The maximum Gasteiger partial charge on any atom is 0.301 e. The van der Waals surface area contributed by atoms with E-state index in [9.17, 15) is 14.7 Å². The number of benzene rings is 2. The van der Waals surface area contributed by atoms with Gasteiger partial charge in [0.1, 0.15) is 11.5 Å². The number of carbonyl (C=O) groups excluding carboxylic acids is 2. The molecule has 1 atom stereocenters. The van der Waals surface area contributed by atoms with Crippen LogP contribution in [-0.2, 0) is 9.59 Å². The van der Waals surface area contributed by atoms with Gasteiger partial charge in [-0.2, -0.15) is 0 Å². The van der Waals surface area contributed by atoms with Crippen molar-refractivity contribution in [2.45, 2.75) is 19.9 Å². The van der Waals surface area contributed by atoms with Gasteiger partial charge in [-0.3, -0.25) is 14.5 Å². The molecule has 1 aliphatic heterocycles. The molecule has 10 heteroatoms. The van der Waals surface area contributed by atoms with E-state index in [-0.39, 0.29) is 22.7 Å². The second kappa shape index (κ2) is 10.0. The summed E-state index contributed by atoms with van der Waals surface area (Å²) in [6.45, 7) is 3.94. The molecule has 4 rings (SSSR count). The summed E-state index contributed by atoms with van der Waals surface area (Å²) >= 11 is 0. The van der Waals surface area contributed by atoms with Crippen molar-refractivity contribution in [2.24, 2.45) is 0 Å². The summed E-state index contributed by atoms with van der Waals surface area (Å²) in [7, 11) is 4.44. The Morgan fingerprint density at radius 1 is 0.972 bits per heavy atom. The van der Waals surface area contributed by atoms with Gasteiger partial charge >= 0.3 is 5.91 Å². The molecule has 1 amide bonds. The average molecular weight is 495 g/mol. The van der Waals surface area contributed by atoms with Gasteiger partial charge in [0, 0.05) is 11.6 Å². The highest BCUT2D eigenvalue weighted by Crippen LogP contribution is 2.44. The molecule has 1 N–H and O–H groups in total. The van der Waals surface area contributed by atoms with Crippen molar-refractivity contribution in [3.8, 4) is 23.0 Å². The molecule has 0 saturated carbocycles. The third-order valence-electron chi connectivity index (χ3n) is 5.77. The zero-order valence-corrected chi connectivity index (χ0v) is 20.5. The number of methoxy groups -OCH3 is 3. The Hall–Kier alpha value is -4.47. The molecular formula is C26H26N2O8. The van der Waals surface area contributed by atoms with Crippen LogP contribution in [0.25, 0.3) is 5.76 Å². The number of rotatable bonds is 8. The number of aryl methyl sites for hydroxylation is 1. The predicted molar refractivity (Wildman–Crippen MR) is 130 cm³/mol. The highest BCUT2D eigenvalue weighted by Gasteiger charge is 2.48. The third-order valence-corrected chi connectivity index (χ3v) is 5.77. The van der Waals surface area contributed by atoms with Gasteiger partial charge in [0.25, 0.3) is 5.78 Å². The topological polar surface area (TPSA) is 121 Å². The molecule has 1 aromatic heterocycles. The van der Waals surface area contributed by atoms with Gasteiger partial charge in [0.15, 0.2) is 28.8 Å². The summed E-state index contributed by atoms with van der Waals surface area (Å²) in [6, 6.07) is 10.3. The molecule has 3 aromatic rings. The van der Waals surface area contributed by atoms with Gasteiger partial charge in [-0.25, -0.2) is 0 Å². The number of hydrogen-bond donors (Lipinski definition) is 1. The summed E-state index contributed by atoms with van der Waals surface area (Å²) in [5, 5.41) is 15.3. The van der Waals surface area contributed by atoms with Crippen LogP contribution in [0.5, 0.6) is 23.0 Å². The van der Waals surface area contributed by atoms with Crippen molar-refractivity contribution >= 4 is 23.3 Å². The van der Waals surface area contributed by atoms with E-state index >= 15 is 0 Å². The highest BCUT2D eigenvalue weighted by atomic mass is 16.5. The molecule has 2 heterocycles. The molecule has 0 aliphatic carbocycles. The Bertz CT molecular complexity index is 1340. The average Bonchev–Trinajstić information content (AvgIpc) is 3.43. The number of anilines is 1. The molecule has 188 valence electrons. The molecule has 1 saturated heterocycles. The lowest BCUT2D eigenvalue weighted by Crippen LogP contribution is -2.29. The smallest absolute Gasteiger partial charge is 0.301 e. The largest absolute Gasteiger partial charge is 0.507 e. The lowest BCUT2D eigenvalue weighted by Gasteiger charge is -2.24. The molecule has 0 unspecified atom stereocenters. The van der Waals surface area contributed by atoms with Crippen molar-refractivity contribution in [2.75, 3.05) is 32.8 Å². The first-order valence-electron chi connectivity index (χ1n) is 11.1. The van der Waals surface area contributed by atoms with Crippen LogP contribution in [-0.4, -0.2) is 49.9 Å². The number of hydrogen-bond acceptors (Lipinski definition) is 9. The number of aliphatic hydroxyl groups excluding tert-OH is 1. The lowest BCUT2D eigenvalue weighted by atomic mass is 9.95. The standard InChI is InChI=1S/C26H26N2O8/c1-6-35-18-10-7-15(12-20(18)34-5)23-22(24(29)16-8-9-17(32-3)19(13-16)33-4)25(30)26(31)28(23)21-11-14(2)36-27-21/h7-13,23,29H,6H2,1-5H3/b24-22+/t23-/m0/s1. The zero-order valence-electron chi connectivity index (χ0n) is 20.5. The number of ketones is 1. The van der Waals surface area contributed by atoms with E-state index in [2.05, 4.69) is 5.16 Å². The number of nitrogens with zero attached hydrogens (tertiary/aromatic N) is 2. The van der Waals surface area contributed by atoms with Gasteiger partial charge in [0.2, 0.25) is 0 Å². The summed E-state index contributed by atoms with van der Waals surface area (Å²) in [4.78, 5) is 27.8. The monoisotopic (exact) mass is 494 g/mol. The first-order valence-corrected chi connectivity index (χ1v) is 11.1. The van der Waals surface area contributed by atoms with E-state index in [0.29, 0.717) is 40.9 Å². The number of Topliss-reactive ketones (excluding diaryl/α,β-unsaturated/α-hetero) is 1. The van der Waals surface area contributed by atoms with E-state index in [1.807, 2.05) is 6.92 Å². The fourth-order valence-electron chi connectivity index (χ4n) is 4.12. The Morgan fingerprint density at radius 2 is 1.64 bits per heavy atom. The first kappa shape index (κ1) is 24.6. The van der Waals surface area contributed by atoms with E-state index in [1.54, 1.807) is 43.3 Å². The van der Waals surface area contributed by atoms with Crippen molar-refractivity contribution in [3.05, 3.63) is 64.9 Å². The van der Waals surface area contributed by atoms with Crippen LogP contribution in [0.4, 0.5) is 5.82 Å². The molecule has 10 nitrogen and oxygen atoms in total. The third kappa shape index (κ3) is 4.21. The van der Waals surface area contributed by atoms with Gasteiger partial charge < -0.3 is 28.6 Å². The molecule has 36 heavy (non-hydrogen) atoms. The number of aliphatic hydroxyl groups is 1. The molecule has 1 fully saturated rings. The maximum absolute atomic E-state index is 13.3. The predicted octanol–water partition coefficient (Wildman–Crippen LogP) is 4.03. The minimum Gasteiger partial charge on any atom is -0.507 e. The quantitative estimate of drug-likeness (QED) is 0.281. The van der Waals surface area contributed by atoms with E-state index < -0.39 is 17.7 Å². The van der Waals surface area contributed by atoms with Crippen LogP contribution < -0.4 is 23.8 Å². The lowest BCUT2D eigenvalue weighted by molar-refractivity contribution is -0.132. The second-order valence-corrected chi connectivity index (χ2v) is 7.88. The molecule has 2 aromatic carbocycles. The SMILES string of the molecule is CCOc1ccc([C@H]2/C(=C(\O)c3ccc(OC)c(OC)c3)C(=O)C(=O)N2c2cc(C)on2)cc1OC. The van der Waals surface area contributed by atoms with Crippen LogP contribution in [0.3, 0.4) is 0 Å². The summed E-state index contributed by atoms with van der Waals surface area (Å²) < 4.78 is 26.8. The minimum atomic E-state index is -1.02. The van der Waals surface area contributed by atoms with E-state index in [1.165, 1.54) is 32.3 Å². The normalized spacial score (nSPS) is 16.8. The molecular weight excluding hydrogens is 468 g/mol. The van der Waals surface area contributed by atoms with Crippen LogP contribution >= 0.6 is 0 Å². The summed E-state index contributed by atoms with van der Waals surface area (Å²) in [6.07, 6.45) is 0. The fraction of sp³-hybridized carbons (Fsp3) is 0.269. The molecule has 1 aliphatic rings. The summed E-state index contributed by atoms with van der Waals surface area (Å²) in [5.41, 5.74) is 0.640. The maximum atomic E-state index is 13.3. The van der Waals surface area contributed by atoms with Gasteiger partial charge in [-0.1, -0.05) is 11.2 Å². The van der Waals surface area contributed by atoms with Crippen molar-refractivity contribution < 1.29 is 38.2 Å². The van der Waals surface area contributed by atoms with Crippen LogP contribution in [0.2, 0.25) is 0 Å². The molecule has 0 bridgehead atoms. The minimum absolute atomic E-state index is 0.126. The van der Waals surface area contributed by atoms with Crippen LogP contribution in [0, 0.1) is 6.92 Å². The van der Waals surface area contributed by atoms with Crippen LogP contribution in [0.1, 0.15) is 29.9 Å². The van der Waals surface area contributed by atoms with Gasteiger partial charge in [-0.05, 0) is 49.7 Å². The van der Waals surface area contributed by atoms with Crippen molar-refractivity contribution in [3.63, 3.8) is 0 Å². The van der Waals surface area contributed by atoms with Crippen molar-refractivity contribution in [1.29, 1.82) is 0 Å². The highest BCUT2D eigenvalue weighted by molar-refractivity contribution is 6.51. The Morgan fingerprint density at radius 3 is 2.25 bits per heavy atom. The van der Waals surface area contributed by atoms with Crippen LogP contribution in [0.15, 0.2) is 52.6 Å². The molecule has 0 spiro atoms. The Kier molecular flexibility index (Phi) is 6.86. The first-order chi connectivity index (χ1) is 17.3. The number of aromatic nitrogens is 1. The number of ether oxygens (including phenoxy) is 4. The summed E-state index contributed by atoms with van der Waals surface area (Å²) in [5.74, 6) is 0.176. The zero-order chi connectivity index (χ0) is 26.0. The number of amides is 1. The van der Waals surface area contributed by atoms with Crippen molar-refractivity contribution in [1.82, 2.24) is 5.16 Å². The van der Waals surface area contributed by atoms with Gasteiger partial charge in [0.05, 0.1) is 39.6 Å². The Labute approximate surface area is 207 Å². The second-order valence-electron chi connectivity index (χ2n) is 7.88. The fourth-order valence-corrected chi connectivity index (χ4v) is 4.12.